The van der Waals surface area contributed by atoms with Crippen LogP contribution in [0.3, 0.4) is 0 Å². The molecule has 0 aliphatic rings. The summed E-state index contributed by atoms with van der Waals surface area (Å²) >= 11 is 7.48. The van der Waals surface area contributed by atoms with Crippen LogP contribution in [0.2, 0.25) is 5.02 Å². The lowest BCUT2D eigenvalue weighted by Gasteiger charge is -2.03. The summed E-state index contributed by atoms with van der Waals surface area (Å²) in [6, 6.07) is 11.2. The lowest BCUT2D eigenvalue weighted by atomic mass is 10.2. The quantitative estimate of drug-likeness (QED) is 0.523. The minimum atomic E-state index is -0.0819. The number of thiazole rings is 1. The highest BCUT2D eigenvalue weighted by Crippen LogP contribution is 2.37. The van der Waals surface area contributed by atoms with Crippen molar-refractivity contribution in [3.63, 3.8) is 0 Å². The standard InChI is InChI=1S/C13H9ClN2OS/c14-8-5-7(6-9(15)12(8)17)13-16-10-3-1-2-4-11(10)18-13/h1-6,17H,15H2. The van der Waals surface area contributed by atoms with E-state index in [1.807, 2.05) is 24.3 Å². The van der Waals surface area contributed by atoms with Crippen LogP contribution in [0, 0.1) is 0 Å². The van der Waals surface area contributed by atoms with E-state index in [0.29, 0.717) is 0 Å². The number of phenolic OH excluding ortho intramolecular Hbond substituents is 1. The molecule has 1 heterocycles. The van der Waals surface area contributed by atoms with Gasteiger partial charge in [-0.1, -0.05) is 23.7 Å². The summed E-state index contributed by atoms with van der Waals surface area (Å²) in [5, 5.41) is 10.6. The zero-order valence-electron chi connectivity index (χ0n) is 9.22. The number of anilines is 1. The van der Waals surface area contributed by atoms with Gasteiger partial charge in [-0.25, -0.2) is 4.98 Å². The first-order valence-electron chi connectivity index (χ1n) is 5.29. The maximum absolute atomic E-state index is 9.54. The third-order valence-electron chi connectivity index (χ3n) is 2.63. The minimum Gasteiger partial charge on any atom is -0.504 e. The van der Waals surface area contributed by atoms with Crippen molar-refractivity contribution in [3.05, 3.63) is 41.4 Å². The summed E-state index contributed by atoms with van der Waals surface area (Å²) in [5.41, 5.74) is 7.72. The van der Waals surface area contributed by atoms with E-state index in [9.17, 15) is 5.11 Å². The number of hydrogen-bond donors (Lipinski definition) is 2. The molecule has 0 saturated heterocycles. The fourth-order valence-electron chi connectivity index (χ4n) is 1.74. The molecule has 0 aliphatic heterocycles. The van der Waals surface area contributed by atoms with Crippen molar-refractivity contribution in [1.29, 1.82) is 0 Å². The zero-order chi connectivity index (χ0) is 12.7. The predicted molar refractivity (Wildman–Crippen MR) is 76.1 cm³/mol. The number of halogens is 1. The second-order valence-corrected chi connectivity index (χ2v) is 5.32. The lowest BCUT2D eigenvalue weighted by Crippen LogP contribution is -1.87. The van der Waals surface area contributed by atoms with Crippen molar-refractivity contribution in [2.24, 2.45) is 0 Å². The van der Waals surface area contributed by atoms with Gasteiger partial charge >= 0.3 is 0 Å². The Balaban J connectivity index is 2.20. The van der Waals surface area contributed by atoms with Gasteiger partial charge in [-0.2, -0.15) is 0 Å². The number of fused-ring (bicyclic) bond motifs is 1. The first kappa shape index (κ1) is 11.3. The van der Waals surface area contributed by atoms with Crippen molar-refractivity contribution < 1.29 is 5.11 Å². The first-order valence-corrected chi connectivity index (χ1v) is 6.48. The molecule has 5 heteroatoms. The van der Waals surface area contributed by atoms with Gasteiger partial charge in [0.1, 0.15) is 5.01 Å². The number of rotatable bonds is 1. The Hall–Kier alpha value is -1.78. The second kappa shape index (κ2) is 4.15. The Kier molecular flexibility index (Phi) is 2.61. The van der Waals surface area contributed by atoms with Crippen LogP contribution in [-0.4, -0.2) is 10.1 Å². The molecule has 0 amide bonds. The van der Waals surface area contributed by atoms with Gasteiger partial charge in [0.2, 0.25) is 0 Å². The van der Waals surface area contributed by atoms with E-state index in [0.717, 1.165) is 20.8 Å². The van der Waals surface area contributed by atoms with Gasteiger partial charge in [-0.3, -0.25) is 0 Å². The molecule has 0 bridgehead atoms. The molecular formula is C13H9ClN2OS. The third-order valence-corrected chi connectivity index (χ3v) is 4.01. The van der Waals surface area contributed by atoms with Crippen molar-refractivity contribution in [1.82, 2.24) is 4.98 Å². The monoisotopic (exact) mass is 276 g/mol. The smallest absolute Gasteiger partial charge is 0.157 e. The van der Waals surface area contributed by atoms with E-state index in [1.165, 1.54) is 0 Å². The minimum absolute atomic E-state index is 0.0819. The van der Waals surface area contributed by atoms with E-state index in [2.05, 4.69) is 4.98 Å². The molecule has 0 atom stereocenters. The highest BCUT2D eigenvalue weighted by Gasteiger charge is 2.10. The van der Waals surface area contributed by atoms with Crippen LogP contribution in [0.15, 0.2) is 36.4 Å². The van der Waals surface area contributed by atoms with E-state index >= 15 is 0 Å². The maximum atomic E-state index is 9.54. The van der Waals surface area contributed by atoms with Crippen LogP contribution in [-0.2, 0) is 0 Å². The summed E-state index contributed by atoms with van der Waals surface area (Å²) in [5.74, 6) is -0.0819. The topological polar surface area (TPSA) is 59.1 Å². The first-order chi connectivity index (χ1) is 8.65. The number of nitrogens with zero attached hydrogens (tertiary/aromatic N) is 1. The zero-order valence-corrected chi connectivity index (χ0v) is 10.8. The highest BCUT2D eigenvalue weighted by atomic mass is 35.5. The molecular weight excluding hydrogens is 268 g/mol. The van der Waals surface area contributed by atoms with Crippen molar-refractivity contribution in [2.45, 2.75) is 0 Å². The van der Waals surface area contributed by atoms with Crippen molar-refractivity contribution in [2.75, 3.05) is 5.73 Å². The average molecular weight is 277 g/mol. The molecule has 0 spiro atoms. The average Bonchev–Trinajstić information content (AvgIpc) is 2.79. The summed E-state index contributed by atoms with van der Waals surface area (Å²) in [7, 11) is 0. The van der Waals surface area contributed by atoms with Crippen LogP contribution in [0.1, 0.15) is 0 Å². The summed E-state index contributed by atoms with van der Waals surface area (Å²) < 4.78 is 1.11. The summed E-state index contributed by atoms with van der Waals surface area (Å²) in [4.78, 5) is 4.52. The summed E-state index contributed by atoms with van der Waals surface area (Å²) in [6.45, 7) is 0. The van der Waals surface area contributed by atoms with Crippen LogP contribution >= 0.6 is 22.9 Å². The molecule has 3 N–H and O–H groups in total. The van der Waals surface area contributed by atoms with Gasteiger partial charge in [-0.05, 0) is 24.3 Å². The largest absolute Gasteiger partial charge is 0.504 e. The predicted octanol–water partition coefficient (Wildman–Crippen LogP) is 3.90. The number of aromatic hydroxyl groups is 1. The fourth-order valence-corrected chi connectivity index (χ4v) is 2.92. The molecule has 2 aromatic carbocycles. The maximum Gasteiger partial charge on any atom is 0.157 e. The second-order valence-electron chi connectivity index (χ2n) is 3.88. The van der Waals surface area contributed by atoms with Gasteiger partial charge in [0.15, 0.2) is 5.75 Å². The third kappa shape index (κ3) is 1.79. The Morgan fingerprint density at radius 2 is 2.00 bits per heavy atom. The van der Waals surface area contributed by atoms with E-state index < -0.39 is 0 Å². The van der Waals surface area contributed by atoms with Gasteiger partial charge in [-0.15, -0.1) is 11.3 Å². The van der Waals surface area contributed by atoms with E-state index in [-0.39, 0.29) is 16.5 Å². The fraction of sp³-hybridized carbons (Fsp3) is 0. The molecule has 0 fully saturated rings. The molecule has 3 aromatic rings. The number of para-hydroxylation sites is 1. The van der Waals surface area contributed by atoms with E-state index in [1.54, 1.807) is 23.5 Å². The Morgan fingerprint density at radius 1 is 1.22 bits per heavy atom. The molecule has 1 aromatic heterocycles. The van der Waals surface area contributed by atoms with Gasteiger partial charge in [0.05, 0.1) is 20.9 Å². The van der Waals surface area contributed by atoms with Gasteiger partial charge in [0.25, 0.3) is 0 Å². The molecule has 90 valence electrons. The Bertz CT molecular complexity index is 683. The lowest BCUT2D eigenvalue weighted by molar-refractivity contribution is 0.478. The summed E-state index contributed by atoms with van der Waals surface area (Å²) in [6.07, 6.45) is 0. The Morgan fingerprint density at radius 3 is 2.72 bits per heavy atom. The number of hydrogen-bond acceptors (Lipinski definition) is 4. The number of nitrogens with two attached hydrogens (primary N) is 1. The number of aromatic nitrogens is 1. The van der Waals surface area contributed by atoms with Gasteiger partial charge in [0, 0.05) is 5.56 Å². The molecule has 3 rings (SSSR count). The normalized spacial score (nSPS) is 10.9. The van der Waals surface area contributed by atoms with E-state index in [4.69, 9.17) is 17.3 Å². The van der Waals surface area contributed by atoms with Crippen LogP contribution in [0.4, 0.5) is 5.69 Å². The van der Waals surface area contributed by atoms with Crippen LogP contribution in [0.5, 0.6) is 5.75 Å². The van der Waals surface area contributed by atoms with Crippen molar-refractivity contribution in [3.8, 4) is 16.3 Å². The molecule has 0 unspecified atom stereocenters. The van der Waals surface area contributed by atoms with Gasteiger partial charge < -0.3 is 10.8 Å². The number of benzene rings is 2. The molecule has 0 aliphatic carbocycles. The highest BCUT2D eigenvalue weighted by molar-refractivity contribution is 7.21. The molecule has 3 nitrogen and oxygen atoms in total. The van der Waals surface area contributed by atoms with Crippen LogP contribution in [0.25, 0.3) is 20.8 Å². The SMILES string of the molecule is Nc1cc(-c2nc3ccccc3s2)cc(Cl)c1O. The van der Waals surface area contributed by atoms with Crippen molar-refractivity contribution >= 4 is 38.8 Å². The van der Waals surface area contributed by atoms with Crippen LogP contribution < -0.4 is 5.73 Å². The Labute approximate surface area is 112 Å². The number of nitrogen functional groups attached to an aromatic ring is 1. The molecule has 0 radical (unpaired) electrons. The molecule has 0 saturated carbocycles. The number of phenols is 1. The molecule has 18 heavy (non-hydrogen) atoms.